The Morgan fingerprint density at radius 2 is 1.42 bits per heavy atom. The minimum absolute atomic E-state index is 0.0124. The SMILES string of the molecule is CC[C@@H](C)NC(=O)[C@H](C)N(Cc1ccc(OC)cc1)C(=O)COc1cc(OC)cc(OC)c1. The third-order valence-electron chi connectivity index (χ3n) is 5.37. The summed E-state index contributed by atoms with van der Waals surface area (Å²) in [5.41, 5.74) is 0.871. The monoisotopic (exact) mass is 458 g/mol. The number of nitrogens with zero attached hydrogens (tertiary/aromatic N) is 1. The van der Waals surface area contributed by atoms with Crippen LogP contribution in [-0.2, 0) is 16.1 Å². The van der Waals surface area contributed by atoms with Gasteiger partial charge in [0.2, 0.25) is 5.91 Å². The molecular formula is C25H34N2O6. The number of methoxy groups -OCH3 is 3. The molecule has 0 bridgehead atoms. The molecule has 0 aliphatic heterocycles. The molecule has 0 aromatic heterocycles. The average molecular weight is 459 g/mol. The zero-order chi connectivity index (χ0) is 24.4. The fourth-order valence-electron chi connectivity index (χ4n) is 3.07. The van der Waals surface area contributed by atoms with E-state index >= 15 is 0 Å². The predicted molar refractivity (Wildman–Crippen MR) is 126 cm³/mol. The van der Waals surface area contributed by atoms with E-state index in [1.165, 1.54) is 19.1 Å². The number of carbonyl (C=O) groups is 2. The molecule has 0 aliphatic carbocycles. The molecule has 0 fully saturated rings. The number of rotatable bonds is 12. The predicted octanol–water partition coefficient (Wildman–Crippen LogP) is 3.42. The van der Waals surface area contributed by atoms with Crippen LogP contribution in [-0.4, -0.2) is 56.7 Å². The Labute approximate surface area is 195 Å². The number of nitrogens with one attached hydrogen (secondary N) is 1. The minimum atomic E-state index is -0.683. The molecule has 0 radical (unpaired) electrons. The van der Waals surface area contributed by atoms with Gasteiger partial charge in [0.05, 0.1) is 21.3 Å². The fourth-order valence-corrected chi connectivity index (χ4v) is 3.07. The van der Waals surface area contributed by atoms with Crippen LogP contribution >= 0.6 is 0 Å². The molecular weight excluding hydrogens is 424 g/mol. The summed E-state index contributed by atoms with van der Waals surface area (Å²) in [6.07, 6.45) is 0.797. The lowest BCUT2D eigenvalue weighted by atomic mass is 10.1. The third-order valence-corrected chi connectivity index (χ3v) is 5.37. The Morgan fingerprint density at radius 3 is 1.94 bits per heavy atom. The van der Waals surface area contributed by atoms with Gasteiger partial charge < -0.3 is 29.2 Å². The minimum Gasteiger partial charge on any atom is -0.497 e. The Kier molecular flexibility index (Phi) is 9.84. The van der Waals surface area contributed by atoms with Gasteiger partial charge in [0.25, 0.3) is 5.91 Å². The molecule has 2 rings (SSSR count). The van der Waals surface area contributed by atoms with Crippen molar-refractivity contribution < 1.29 is 28.5 Å². The second kappa shape index (κ2) is 12.6. The van der Waals surface area contributed by atoms with Crippen molar-refractivity contribution in [2.75, 3.05) is 27.9 Å². The number of carbonyl (C=O) groups excluding carboxylic acids is 2. The smallest absolute Gasteiger partial charge is 0.261 e. The van der Waals surface area contributed by atoms with Crippen molar-refractivity contribution in [3.8, 4) is 23.0 Å². The lowest BCUT2D eigenvalue weighted by Crippen LogP contribution is -2.50. The van der Waals surface area contributed by atoms with Crippen LogP contribution in [0.5, 0.6) is 23.0 Å². The van der Waals surface area contributed by atoms with E-state index in [0.29, 0.717) is 17.2 Å². The van der Waals surface area contributed by atoms with Gasteiger partial charge in [-0.1, -0.05) is 19.1 Å². The van der Waals surface area contributed by atoms with Crippen LogP contribution in [0.3, 0.4) is 0 Å². The highest BCUT2D eigenvalue weighted by Gasteiger charge is 2.27. The molecule has 0 saturated heterocycles. The molecule has 2 atom stereocenters. The number of ether oxygens (including phenoxy) is 4. The maximum atomic E-state index is 13.2. The second-order valence-electron chi connectivity index (χ2n) is 7.70. The van der Waals surface area contributed by atoms with E-state index in [2.05, 4.69) is 5.32 Å². The van der Waals surface area contributed by atoms with Gasteiger partial charge in [-0.2, -0.15) is 0 Å². The number of hydrogen-bond acceptors (Lipinski definition) is 6. The van der Waals surface area contributed by atoms with Gasteiger partial charge >= 0.3 is 0 Å². The molecule has 0 aliphatic rings. The van der Waals surface area contributed by atoms with Crippen LogP contribution in [0.2, 0.25) is 0 Å². The van der Waals surface area contributed by atoms with Crippen molar-refractivity contribution >= 4 is 11.8 Å². The van der Waals surface area contributed by atoms with Crippen LogP contribution in [0.15, 0.2) is 42.5 Å². The van der Waals surface area contributed by atoms with Crippen LogP contribution < -0.4 is 24.3 Å². The molecule has 0 heterocycles. The quantitative estimate of drug-likeness (QED) is 0.525. The maximum Gasteiger partial charge on any atom is 0.261 e. The molecule has 8 heteroatoms. The summed E-state index contributed by atoms with van der Waals surface area (Å²) in [6, 6.07) is 11.8. The van der Waals surface area contributed by atoms with Crippen LogP contribution in [0.1, 0.15) is 32.8 Å². The topological polar surface area (TPSA) is 86.3 Å². The van der Waals surface area contributed by atoms with Crippen LogP contribution in [0.4, 0.5) is 0 Å². The molecule has 8 nitrogen and oxygen atoms in total. The van der Waals surface area contributed by atoms with Crippen molar-refractivity contribution in [2.45, 2.75) is 45.8 Å². The normalized spacial score (nSPS) is 12.3. The number of benzene rings is 2. The first-order valence-corrected chi connectivity index (χ1v) is 10.9. The molecule has 0 spiro atoms. The fraction of sp³-hybridized carbons (Fsp3) is 0.440. The van der Waals surface area contributed by atoms with Crippen molar-refractivity contribution in [3.63, 3.8) is 0 Å². The average Bonchev–Trinajstić information content (AvgIpc) is 2.85. The summed E-state index contributed by atoms with van der Waals surface area (Å²) in [4.78, 5) is 27.5. The largest absolute Gasteiger partial charge is 0.497 e. The number of amides is 2. The Bertz CT molecular complexity index is 893. The van der Waals surface area contributed by atoms with Crippen molar-refractivity contribution in [1.82, 2.24) is 10.2 Å². The highest BCUT2D eigenvalue weighted by atomic mass is 16.5. The molecule has 1 N–H and O–H groups in total. The summed E-state index contributed by atoms with van der Waals surface area (Å²) >= 11 is 0. The van der Waals surface area contributed by atoms with Gasteiger partial charge in [-0.15, -0.1) is 0 Å². The Balaban J connectivity index is 2.19. The Morgan fingerprint density at radius 1 is 0.879 bits per heavy atom. The Hall–Kier alpha value is -3.42. The maximum absolute atomic E-state index is 13.2. The molecule has 180 valence electrons. The van der Waals surface area contributed by atoms with Crippen LogP contribution in [0.25, 0.3) is 0 Å². The molecule has 2 amide bonds. The lowest BCUT2D eigenvalue weighted by Gasteiger charge is -2.29. The molecule has 2 aromatic rings. The van der Waals surface area contributed by atoms with Crippen LogP contribution in [0, 0.1) is 0 Å². The zero-order valence-electron chi connectivity index (χ0n) is 20.2. The molecule has 0 saturated carbocycles. The van der Waals surface area contributed by atoms with E-state index in [4.69, 9.17) is 18.9 Å². The first kappa shape index (κ1) is 25.8. The van der Waals surface area contributed by atoms with Gasteiger partial charge in [-0.3, -0.25) is 9.59 Å². The van der Waals surface area contributed by atoms with E-state index in [9.17, 15) is 9.59 Å². The van der Waals surface area contributed by atoms with Crippen molar-refractivity contribution in [2.24, 2.45) is 0 Å². The summed E-state index contributed by atoms with van der Waals surface area (Å²) < 4.78 is 21.4. The third kappa shape index (κ3) is 7.59. The van der Waals surface area contributed by atoms with Gasteiger partial charge in [-0.25, -0.2) is 0 Å². The number of hydrogen-bond donors (Lipinski definition) is 1. The van der Waals surface area contributed by atoms with E-state index in [1.807, 2.05) is 38.1 Å². The summed E-state index contributed by atoms with van der Waals surface area (Å²) in [5.74, 6) is 1.71. The first-order chi connectivity index (χ1) is 15.8. The summed E-state index contributed by atoms with van der Waals surface area (Å²) in [7, 11) is 4.67. The molecule has 33 heavy (non-hydrogen) atoms. The van der Waals surface area contributed by atoms with E-state index < -0.39 is 6.04 Å². The first-order valence-electron chi connectivity index (χ1n) is 10.9. The zero-order valence-corrected chi connectivity index (χ0v) is 20.2. The molecule has 2 aromatic carbocycles. The van der Waals surface area contributed by atoms with Gasteiger partial charge in [0.1, 0.15) is 29.0 Å². The summed E-state index contributed by atoms with van der Waals surface area (Å²) in [5, 5.41) is 2.95. The summed E-state index contributed by atoms with van der Waals surface area (Å²) in [6.45, 7) is 5.65. The van der Waals surface area contributed by atoms with Gasteiger partial charge in [0, 0.05) is 30.8 Å². The molecule has 0 unspecified atom stereocenters. The second-order valence-corrected chi connectivity index (χ2v) is 7.70. The van der Waals surface area contributed by atoms with E-state index in [1.54, 1.807) is 32.2 Å². The van der Waals surface area contributed by atoms with Gasteiger partial charge in [-0.05, 0) is 38.0 Å². The van der Waals surface area contributed by atoms with E-state index in [-0.39, 0.29) is 31.0 Å². The lowest BCUT2D eigenvalue weighted by molar-refractivity contribution is -0.142. The standard InChI is InChI=1S/C25H34N2O6/c1-7-17(2)26-25(29)18(3)27(15-19-8-10-20(30-4)11-9-19)24(28)16-33-23-13-21(31-5)12-22(14-23)32-6/h8-14,17-18H,7,15-16H2,1-6H3,(H,26,29)/t17-,18+/m1/s1. The van der Waals surface area contributed by atoms with Crippen molar-refractivity contribution in [3.05, 3.63) is 48.0 Å². The van der Waals surface area contributed by atoms with Crippen molar-refractivity contribution in [1.29, 1.82) is 0 Å². The van der Waals surface area contributed by atoms with Gasteiger partial charge in [0.15, 0.2) is 6.61 Å². The highest BCUT2D eigenvalue weighted by molar-refractivity contribution is 5.88. The van der Waals surface area contributed by atoms with E-state index in [0.717, 1.165) is 17.7 Å². The highest BCUT2D eigenvalue weighted by Crippen LogP contribution is 2.27.